The lowest BCUT2D eigenvalue weighted by atomic mass is 9.87. The number of nitrogens with one attached hydrogen (secondary N) is 1. The van der Waals surface area contributed by atoms with Crippen LogP contribution in [0.5, 0.6) is 11.5 Å². The zero-order valence-corrected chi connectivity index (χ0v) is 17.3. The molecule has 0 aliphatic heterocycles. The summed E-state index contributed by atoms with van der Waals surface area (Å²) in [6.07, 6.45) is 1.15. The molecule has 27 heavy (non-hydrogen) atoms. The summed E-state index contributed by atoms with van der Waals surface area (Å²) in [5, 5.41) is 2.89. The van der Waals surface area contributed by atoms with Crippen LogP contribution in [0.1, 0.15) is 50.1 Å². The second-order valence-electron chi connectivity index (χ2n) is 7.80. The van der Waals surface area contributed by atoms with Crippen LogP contribution in [0.25, 0.3) is 0 Å². The Balaban J connectivity index is 2.01. The number of carbonyl (C=O) groups is 1. The summed E-state index contributed by atoms with van der Waals surface area (Å²) in [5.74, 6) is 1.31. The van der Waals surface area contributed by atoms with Crippen LogP contribution in [-0.4, -0.2) is 24.1 Å². The summed E-state index contributed by atoms with van der Waals surface area (Å²) in [6, 6.07) is 7.87. The number of amides is 1. The average Bonchev–Trinajstić information content (AvgIpc) is 2.60. The van der Waals surface area contributed by atoms with E-state index in [1.54, 1.807) is 20.2 Å². The molecule has 1 N–H and O–H groups in total. The molecule has 0 spiro atoms. The van der Waals surface area contributed by atoms with Crippen molar-refractivity contribution in [1.29, 1.82) is 0 Å². The van der Waals surface area contributed by atoms with E-state index in [1.807, 2.05) is 32.0 Å². The minimum Gasteiger partial charge on any atom is -0.496 e. The Kier molecular flexibility index (Phi) is 6.47. The molecule has 0 aliphatic carbocycles. The third-order valence-corrected chi connectivity index (χ3v) is 4.56. The number of aromatic nitrogens is 1. The van der Waals surface area contributed by atoms with Crippen molar-refractivity contribution < 1.29 is 14.3 Å². The van der Waals surface area contributed by atoms with Crippen LogP contribution in [0, 0.1) is 13.8 Å². The first kappa shape index (κ1) is 20.7. The van der Waals surface area contributed by atoms with Crippen molar-refractivity contribution in [3.05, 3.63) is 52.8 Å². The molecule has 0 saturated heterocycles. The highest BCUT2D eigenvalue weighted by Gasteiger charge is 2.18. The lowest BCUT2D eigenvalue weighted by molar-refractivity contribution is -0.127. The molecule has 2 rings (SSSR count). The number of benzene rings is 1. The summed E-state index contributed by atoms with van der Waals surface area (Å²) in [7, 11) is 1.64. The zero-order valence-electron chi connectivity index (χ0n) is 17.3. The van der Waals surface area contributed by atoms with Crippen LogP contribution in [0.4, 0.5) is 0 Å². The van der Waals surface area contributed by atoms with Gasteiger partial charge in [0.25, 0.3) is 5.91 Å². The fourth-order valence-electron chi connectivity index (χ4n) is 2.86. The molecule has 1 atom stereocenters. The van der Waals surface area contributed by atoms with Crippen molar-refractivity contribution in [1.82, 2.24) is 10.3 Å². The Labute approximate surface area is 162 Å². The van der Waals surface area contributed by atoms with Crippen LogP contribution < -0.4 is 14.8 Å². The van der Waals surface area contributed by atoms with Crippen molar-refractivity contribution in [2.24, 2.45) is 0 Å². The van der Waals surface area contributed by atoms with Crippen molar-refractivity contribution in [3.63, 3.8) is 0 Å². The molecule has 146 valence electrons. The fraction of sp³-hybridized carbons (Fsp3) is 0.455. The van der Waals surface area contributed by atoms with E-state index in [0.717, 1.165) is 22.6 Å². The molecular weight excluding hydrogens is 340 g/mol. The van der Waals surface area contributed by atoms with Crippen molar-refractivity contribution in [2.45, 2.75) is 59.6 Å². The quantitative estimate of drug-likeness (QED) is 0.832. The molecule has 0 bridgehead atoms. The highest BCUT2D eigenvalue weighted by Crippen LogP contribution is 2.26. The van der Waals surface area contributed by atoms with Gasteiger partial charge in [0.15, 0.2) is 6.10 Å². The number of ether oxygens (including phenoxy) is 2. The van der Waals surface area contributed by atoms with Crippen molar-refractivity contribution in [3.8, 4) is 11.5 Å². The third kappa shape index (κ3) is 5.22. The average molecular weight is 370 g/mol. The second-order valence-corrected chi connectivity index (χ2v) is 7.80. The molecule has 1 aromatic carbocycles. The Morgan fingerprint density at radius 3 is 2.59 bits per heavy atom. The minimum atomic E-state index is -0.604. The van der Waals surface area contributed by atoms with Gasteiger partial charge in [-0.2, -0.15) is 0 Å². The Morgan fingerprint density at radius 2 is 1.96 bits per heavy atom. The Bertz CT molecular complexity index is 810. The van der Waals surface area contributed by atoms with E-state index in [0.29, 0.717) is 12.3 Å². The standard InChI is InChI=1S/C22H30N2O3/c1-14-12-23-19(15(2)20(14)26-7)13-24-21(25)16(3)27-18-10-8-9-17(11-18)22(4,5)6/h8-12,16H,13H2,1-7H3,(H,24,25). The van der Waals surface area contributed by atoms with Crippen LogP contribution in [0.3, 0.4) is 0 Å². The molecule has 5 nitrogen and oxygen atoms in total. The summed E-state index contributed by atoms with van der Waals surface area (Å²) >= 11 is 0. The van der Waals surface area contributed by atoms with E-state index in [4.69, 9.17) is 9.47 Å². The number of hydrogen-bond acceptors (Lipinski definition) is 4. The minimum absolute atomic E-state index is 0.0263. The molecule has 0 aliphatic rings. The van der Waals surface area contributed by atoms with Gasteiger partial charge in [-0.25, -0.2) is 0 Å². The fourth-order valence-corrected chi connectivity index (χ4v) is 2.86. The van der Waals surface area contributed by atoms with Gasteiger partial charge in [0.1, 0.15) is 11.5 Å². The van der Waals surface area contributed by atoms with E-state index in [9.17, 15) is 4.79 Å². The van der Waals surface area contributed by atoms with Gasteiger partial charge in [-0.1, -0.05) is 32.9 Å². The van der Waals surface area contributed by atoms with E-state index in [-0.39, 0.29) is 11.3 Å². The van der Waals surface area contributed by atoms with E-state index in [1.165, 1.54) is 5.56 Å². The Hall–Kier alpha value is -2.56. The number of hydrogen-bond donors (Lipinski definition) is 1. The number of pyridine rings is 1. The van der Waals surface area contributed by atoms with Crippen molar-refractivity contribution >= 4 is 5.91 Å². The van der Waals surface area contributed by atoms with Crippen molar-refractivity contribution in [2.75, 3.05) is 7.11 Å². The highest BCUT2D eigenvalue weighted by molar-refractivity contribution is 5.80. The van der Waals surface area contributed by atoms with E-state index in [2.05, 4.69) is 37.1 Å². The largest absolute Gasteiger partial charge is 0.496 e. The normalized spacial score (nSPS) is 12.4. The van der Waals surface area contributed by atoms with E-state index < -0.39 is 6.10 Å². The summed E-state index contributed by atoms with van der Waals surface area (Å²) in [6.45, 7) is 12.4. The molecule has 5 heteroatoms. The maximum Gasteiger partial charge on any atom is 0.261 e. The summed E-state index contributed by atoms with van der Waals surface area (Å²) in [4.78, 5) is 16.8. The molecular formula is C22H30N2O3. The molecule has 1 amide bonds. The first-order valence-electron chi connectivity index (χ1n) is 9.17. The predicted molar refractivity (Wildman–Crippen MR) is 107 cm³/mol. The SMILES string of the molecule is COc1c(C)cnc(CNC(=O)C(C)Oc2cccc(C(C)(C)C)c2)c1C. The van der Waals surface area contributed by atoms with Crippen LogP contribution in [-0.2, 0) is 16.8 Å². The molecule has 2 aromatic rings. The van der Waals surface area contributed by atoms with Gasteiger partial charge in [0.2, 0.25) is 0 Å². The third-order valence-electron chi connectivity index (χ3n) is 4.56. The highest BCUT2D eigenvalue weighted by atomic mass is 16.5. The first-order chi connectivity index (χ1) is 12.6. The maximum atomic E-state index is 12.4. The second kappa shape index (κ2) is 8.42. The van der Waals surface area contributed by atoms with Gasteiger partial charge >= 0.3 is 0 Å². The van der Waals surface area contributed by atoms with Gasteiger partial charge in [-0.3, -0.25) is 9.78 Å². The predicted octanol–water partition coefficient (Wildman–Crippen LogP) is 4.09. The molecule has 1 unspecified atom stereocenters. The summed E-state index contributed by atoms with van der Waals surface area (Å²) in [5.41, 5.74) is 3.88. The smallest absolute Gasteiger partial charge is 0.261 e. The number of aryl methyl sites for hydroxylation is 1. The number of methoxy groups -OCH3 is 1. The van der Waals surface area contributed by atoms with Gasteiger partial charge in [0, 0.05) is 17.3 Å². The van der Waals surface area contributed by atoms with Gasteiger partial charge in [0.05, 0.1) is 19.3 Å². The van der Waals surface area contributed by atoms with Gasteiger partial charge < -0.3 is 14.8 Å². The number of carbonyl (C=O) groups excluding carboxylic acids is 1. The number of rotatable bonds is 6. The van der Waals surface area contributed by atoms with E-state index >= 15 is 0 Å². The van der Waals surface area contributed by atoms with Crippen LogP contribution in [0.2, 0.25) is 0 Å². The monoisotopic (exact) mass is 370 g/mol. The first-order valence-corrected chi connectivity index (χ1v) is 9.17. The molecule has 0 fully saturated rings. The lowest BCUT2D eigenvalue weighted by Crippen LogP contribution is -2.36. The maximum absolute atomic E-state index is 12.4. The molecule has 0 saturated carbocycles. The van der Waals surface area contributed by atoms with Crippen LogP contribution in [0.15, 0.2) is 30.5 Å². The topological polar surface area (TPSA) is 60.5 Å². The van der Waals surface area contributed by atoms with Crippen LogP contribution >= 0.6 is 0 Å². The zero-order chi connectivity index (χ0) is 20.2. The Morgan fingerprint density at radius 1 is 1.26 bits per heavy atom. The molecule has 0 radical (unpaired) electrons. The summed E-state index contributed by atoms with van der Waals surface area (Å²) < 4.78 is 11.2. The molecule has 1 aromatic heterocycles. The lowest BCUT2D eigenvalue weighted by Gasteiger charge is -2.21. The number of nitrogens with zero attached hydrogens (tertiary/aromatic N) is 1. The van der Waals surface area contributed by atoms with Gasteiger partial charge in [-0.05, 0) is 43.9 Å². The van der Waals surface area contributed by atoms with Gasteiger partial charge in [-0.15, -0.1) is 0 Å². The molecule has 1 heterocycles.